The molecule has 0 bridgehead atoms. The lowest BCUT2D eigenvalue weighted by Crippen LogP contribution is -2.18. The molecule has 0 fully saturated rings. The summed E-state index contributed by atoms with van der Waals surface area (Å²) >= 11 is 10.8. The van der Waals surface area contributed by atoms with E-state index in [0.29, 0.717) is 0 Å². The van der Waals surface area contributed by atoms with Gasteiger partial charge in [0.2, 0.25) is 0 Å². The molecule has 0 aromatic carbocycles. The Morgan fingerprint density at radius 2 is 2.29 bits per heavy atom. The lowest BCUT2D eigenvalue weighted by Gasteiger charge is -2.14. The number of hydrogen-bond acceptors (Lipinski definition) is 2. The minimum absolute atomic E-state index is 0.776. The molecule has 0 aliphatic carbocycles. The van der Waals surface area contributed by atoms with Crippen molar-refractivity contribution in [2.24, 2.45) is 0 Å². The Morgan fingerprint density at radius 3 is 2.86 bits per heavy atom. The second-order valence-corrected chi connectivity index (χ2v) is 6.06. The van der Waals surface area contributed by atoms with Gasteiger partial charge in [0.05, 0.1) is 3.79 Å². The van der Waals surface area contributed by atoms with E-state index in [1.54, 1.807) is 11.3 Å². The van der Waals surface area contributed by atoms with Crippen LogP contribution in [0.15, 0.2) is 15.2 Å². The van der Waals surface area contributed by atoms with Crippen molar-refractivity contribution in [1.29, 1.82) is 0 Å². The fourth-order valence-electron chi connectivity index (χ4n) is 1.30. The first kappa shape index (κ1) is 12.5. The number of hydrogen-bond donors (Lipinski definition) is 0. The summed E-state index contributed by atoms with van der Waals surface area (Å²) in [5, 5.41) is 2.20. The van der Waals surface area contributed by atoms with Gasteiger partial charge in [0.15, 0.2) is 0 Å². The van der Waals surface area contributed by atoms with Crippen LogP contribution in [-0.4, -0.2) is 24.4 Å². The molecule has 1 heterocycles. The van der Waals surface area contributed by atoms with Crippen molar-refractivity contribution in [3.8, 4) is 0 Å². The van der Waals surface area contributed by atoms with Gasteiger partial charge >= 0.3 is 0 Å². The standard InChI is InChI=1S/C10H15BrClNS/c1-13(5-3-2-4-12)7-9-6-10(11)14-8-9/h6,8H,2-5,7H2,1H3. The van der Waals surface area contributed by atoms with Crippen LogP contribution in [0.25, 0.3) is 0 Å². The highest BCUT2D eigenvalue weighted by Crippen LogP contribution is 2.21. The maximum atomic E-state index is 5.63. The largest absolute Gasteiger partial charge is 0.302 e. The maximum absolute atomic E-state index is 5.63. The Morgan fingerprint density at radius 1 is 1.50 bits per heavy atom. The molecule has 0 radical (unpaired) electrons. The van der Waals surface area contributed by atoms with Crippen molar-refractivity contribution in [3.63, 3.8) is 0 Å². The van der Waals surface area contributed by atoms with Gasteiger partial charge in [0.1, 0.15) is 0 Å². The average molecular weight is 297 g/mol. The van der Waals surface area contributed by atoms with Crippen LogP contribution in [0.1, 0.15) is 18.4 Å². The minimum Gasteiger partial charge on any atom is -0.302 e. The van der Waals surface area contributed by atoms with Gasteiger partial charge in [-0.3, -0.25) is 0 Å². The Bertz CT molecular complexity index is 264. The summed E-state index contributed by atoms with van der Waals surface area (Å²) < 4.78 is 1.21. The van der Waals surface area contributed by atoms with Crippen LogP contribution < -0.4 is 0 Å². The summed E-state index contributed by atoms with van der Waals surface area (Å²) in [6.45, 7) is 2.16. The third-order valence-electron chi connectivity index (χ3n) is 2.00. The van der Waals surface area contributed by atoms with Crippen molar-refractivity contribution in [1.82, 2.24) is 4.90 Å². The highest BCUT2D eigenvalue weighted by atomic mass is 79.9. The minimum atomic E-state index is 0.776. The Kier molecular flexibility index (Phi) is 6.10. The molecule has 0 atom stereocenters. The summed E-state index contributed by atoms with van der Waals surface area (Å²) in [7, 11) is 2.15. The fraction of sp³-hybridized carbons (Fsp3) is 0.600. The smallest absolute Gasteiger partial charge is 0.0701 e. The van der Waals surface area contributed by atoms with Crippen LogP contribution in [-0.2, 0) is 6.54 Å². The van der Waals surface area contributed by atoms with E-state index in [9.17, 15) is 0 Å². The van der Waals surface area contributed by atoms with Gasteiger partial charge < -0.3 is 4.90 Å². The highest BCUT2D eigenvalue weighted by molar-refractivity contribution is 9.11. The third kappa shape index (κ3) is 4.78. The van der Waals surface area contributed by atoms with Crippen molar-refractivity contribution < 1.29 is 0 Å². The number of alkyl halides is 1. The summed E-state index contributed by atoms with van der Waals surface area (Å²) in [6, 6.07) is 2.18. The Hall–Kier alpha value is 0.430. The van der Waals surface area contributed by atoms with Crippen LogP contribution in [0.3, 0.4) is 0 Å². The summed E-state index contributed by atoms with van der Waals surface area (Å²) in [5.74, 6) is 0.776. The second-order valence-electron chi connectivity index (χ2n) is 3.39. The van der Waals surface area contributed by atoms with E-state index in [-0.39, 0.29) is 0 Å². The molecule has 0 amide bonds. The molecular formula is C10H15BrClNS. The SMILES string of the molecule is CN(CCCCCl)Cc1csc(Br)c1. The van der Waals surface area contributed by atoms with Crippen LogP contribution >= 0.6 is 38.9 Å². The third-order valence-corrected chi connectivity index (χ3v) is 3.82. The topological polar surface area (TPSA) is 3.24 Å². The molecule has 0 aliphatic rings. The molecule has 0 N–H and O–H groups in total. The molecule has 0 saturated heterocycles. The zero-order valence-corrected chi connectivity index (χ0v) is 11.5. The predicted octanol–water partition coefficient (Wildman–Crippen LogP) is 3.96. The number of nitrogens with zero attached hydrogens (tertiary/aromatic N) is 1. The van der Waals surface area contributed by atoms with Crippen LogP contribution in [0, 0.1) is 0 Å². The molecule has 0 saturated carbocycles. The van der Waals surface area contributed by atoms with E-state index in [0.717, 1.165) is 25.4 Å². The molecular weight excluding hydrogens is 282 g/mol. The van der Waals surface area contributed by atoms with Gasteiger partial charge in [-0.2, -0.15) is 0 Å². The molecule has 1 aromatic heterocycles. The highest BCUT2D eigenvalue weighted by Gasteiger charge is 2.01. The van der Waals surface area contributed by atoms with Crippen molar-refractivity contribution in [3.05, 3.63) is 20.8 Å². The zero-order valence-electron chi connectivity index (χ0n) is 8.30. The van der Waals surface area contributed by atoms with Crippen LogP contribution in [0.2, 0.25) is 0 Å². The monoisotopic (exact) mass is 295 g/mol. The van der Waals surface area contributed by atoms with Gasteiger partial charge in [-0.1, -0.05) is 0 Å². The number of rotatable bonds is 6. The molecule has 1 aromatic rings. The van der Waals surface area contributed by atoms with E-state index in [4.69, 9.17) is 11.6 Å². The van der Waals surface area contributed by atoms with E-state index in [1.165, 1.54) is 15.8 Å². The average Bonchev–Trinajstić information content (AvgIpc) is 2.52. The quantitative estimate of drug-likeness (QED) is 0.567. The second kappa shape index (κ2) is 6.83. The van der Waals surface area contributed by atoms with Crippen LogP contribution in [0.5, 0.6) is 0 Å². The molecule has 80 valence electrons. The lowest BCUT2D eigenvalue weighted by atomic mass is 10.3. The van der Waals surface area contributed by atoms with E-state index in [2.05, 4.69) is 39.3 Å². The number of unbranched alkanes of at least 4 members (excludes halogenated alkanes) is 1. The molecule has 1 nitrogen and oxygen atoms in total. The van der Waals surface area contributed by atoms with Gasteiger partial charge in [0, 0.05) is 12.4 Å². The van der Waals surface area contributed by atoms with E-state index in [1.807, 2.05) is 0 Å². The van der Waals surface area contributed by atoms with Crippen LogP contribution in [0.4, 0.5) is 0 Å². The van der Waals surface area contributed by atoms with Crippen molar-refractivity contribution in [2.45, 2.75) is 19.4 Å². The molecule has 0 spiro atoms. The van der Waals surface area contributed by atoms with Crippen molar-refractivity contribution >= 4 is 38.9 Å². The molecule has 1 rings (SSSR count). The zero-order chi connectivity index (χ0) is 10.4. The normalized spacial score (nSPS) is 11.1. The van der Waals surface area contributed by atoms with Crippen molar-refractivity contribution in [2.75, 3.05) is 19.5 Å². The van der Waals surface area contributed by atoms with Gasteiger partial charge in [-0.25, -0.2) is 0 Å². The summed E-state index contributed by atoms with van der Waals surface area (Å²) in [6.07, 6.45) is 2.30. The molecule has 4 heteroatoms. The van der Waals surface area contributed by atoms with Gasteiger partial charge in [-0.15, -0.1) is 22.9 Å². The summed E-state index contributed by atoms with van der Waals surface area (Å²) in [4.78, 5) is 2.33. The molecule has 0 unspecified atom stereocenters. The van der Waals surface area contributed by atoms with E-state index < -0.39 is 0 Å². The molecule has 14 heavy (non-hydrogen) atoms. The Balaban J connectivity index is 2.23. The molecule has 0 aliphatic heterocycles. The van der Waals surface area contributed by atoms with Gasteiger partial charge in [0.25, 0.3) is 0 Å². The Labute approximate surface area is 103 Å². The maximum Gasteiger partial charge on any atom is 0.0701 e. The van der Waals surface area contributed by atoms with Gasteiger partial charge in [-0.05, 0) is 59.4 Å². The van der Waals surface area contributed by atoms with E-state index >= 15 is 0 Å². The summed E-state index contributed by atoms with van der Waals surface area (Å²) in [5.41, 5.74) is 1.38. The lowest BCUT2D eigenvalue weighted by molar-refractivity contribution is 0.321. The number of halogens is 2. The fourth-order valence-corrected chi connectivity index (χ4v) is 2.68. The number of thiophene rings is 1. The first-order valence-electron chi connectivity index (χ1n) is 4.70. The first-order valence-corrected chi connectivity index (χ1v) is 6.90. The predicted molar refractivity (Wildman–Crippen MR) is 68.3 cm³/mol. The first-order chi connectivity index (χ1) is 6.72.